The quantitative estimate of drug-likeness (QED) is 0.380. The highest BCUT2D eigenvalue weighted by atomic mass is 35.5. The number of hydrogen-bond acceptors (Lipinski definition) is 5. The summed E-state index contributed by atoms with van der Waals surface area (Å²) < 4.78 is 88.7. The standard InChI is InChI=1S/C21H15ClF2N2O5S2/c1-31-13-7-8-15-20(9-13)26(33(29,30)14-5-3-2-4-6-14)12-21(15)32(27,28)25-19-11-17(23)16(22)10-18(19)24/h2-12,25H,1H3. The summed E-state index contributed by atoms with van der Waals surface area (Å²) in [5.41, 5.74) is -0.668. The molecule has 0 atom stereocenters. The normalized spacial score (nSPS) is 12.1. The van der Waals surface area contributed by atoms with E-state index in [2.05, 4.69) is 0 Å². The van der Waals surface area contributed by atoms with Crippen LogP contribution in [0.2, 0.25) is 5.02 Å². The SMILES string of the molecule is COc1ccc2c(S(=O)(=O)Nc3cc(F)c(Cl)cc3F)cn(S(=O)(=O)c3ccccc3)c2c1. The molecule has 0 radical (unpaired) electrons. The second-order valence-electron chi connectivity index (χ2n) is 6.84. The number of nitrogens with zero attached hydrogens (tertiary/aromatic N) is 1. The Hall–Kier alpha value is -3.15. The van der Waals surface area contributed by atoms with Gasteiger partial charge in [0.1, 0.15) is 22.3 Å². The van der Waals surface area contributed by atoms with Crippen molar-refractivity contribution in [3.05, 3.63) is 83.5 Å². The van der Waals surface area contributed by atoms with Gasteiger partial charge in [-0.25, -0.2) is 29.6 Å². The summed E-state index contributed by atoms with van der Waals surface area (Å²) in [5.74, 6) is -1.85. The number of anilines is 1. The van der Waals surface area contributed by atoms with E-state index >= 15 is 0 Å². The van der Waals surface area contributed by atoms with Gasteiger partial charge in [-0.15, -0.1) is 0 Å². The summed E-state index contributed by atoms with van der Waals surface area (Å²) >= 11 is 5.52. The van der Waals surface area contributed by atoms with E-state index in [9.17, 15) is 25.6 Å². The largest absolute Gasteiger partial charge is 0.497 e. The lowest BCUT2D eigenvalue weighted by molar-refractivity contribution is 0.415. The summed E-state index contributed by atoms with van der Waals surface area (Å²) in [7, 11) is -7.39. The molecule has 1 heterocycles. The lowest BCUT2D eigenvalue weighted by atomic mass is 10.2. The predicted octanol–water partition coefficient (Wildman–Crippen LogP) is 4.62. The van der Waals surface area contributed by atoms with Crippen LogP contribution in [0.5, 0.6) is 5.75 Å². The lowest BCUT2D eigenvalue weighted by Crippen LogP contribution is -2.15. The molecule has 1 N–H and O–H groups in total. The van der Waals surface area contributed by atoms with E-state index in [0.717, 1.165) is 10.2 Å². The fraction of sp³-hybridized carbons (Fsp3) is 0.0476. The molecule has 1 aromatic heterocycles. The maximum absolute atomic E-state index is 14.2. The molecule has 4 rings (SSSR count). The number of nitrogens with one attached hydrogen (secondary N) is 1. The van der Waals surface area contributed by atoms with Gasteiger partial charge in [-0.3, -0.25) is 4.72 Å². The molecule has 0 aliphatic carbocycles. The average Bonchev–Trinajstić information content (AvgIpc) is 3.18. The summed E-state index contributed by atoms with van der Waals surface area (Å²) in [6.07, 6.45) is 0.902. The van der Waals surface area contributed by atoms with Crippen molar-refractivity contribution in [2.24, 2.45) is 0 Å². The van der Waals surface area contributed by atoms with E-state index in [0.29, 0.717) is 12.1 Å². The predicted molar refractivity (Wildman–Crippen MR) is 120 cm³/mol. The number of halogens is 3. The number of methoxy groups -OCH3 is 1. The Morgan fingerprint density at radius 1 is 0.939 bits per heavy atom. The molecule has 0 spiro atoms. The van der Waals surface area contributed by atoms with Crippen LogP contribution < -0.4 is 9.46 Å². The van der Waals surface area contributed by atoms with Crippen molar-refractivity contribution in [2.45, 2.75) is 9.79 Å². The van der Waals surface area contributed by atoms with Gasteiger partial charge in [0.15, 0.2) is 0 Å². The van der Waals surface area contributed by atoms with Crippen molar-refractivity contribution in [3.8, 4) is 5.75 Å². The number of fused-ring (bicyclic) bond motifs is 1. The molecule has 0 amide bonds. The first-order valence-corrected chi connectivity index (χ1v) is 12.5. The summed E-state index contributed by atoms with van der Waals surface area (Å²) in [5, 5.41) is -0.495. The van der Waals surface area contributed by atoms with Gasteiger partial charge in [0.25, 0.3) is 20.0 Å². The molecule has 4 aromatic rings. The van der Waals surface area contributed by atoms with E-state index in [-0.39, 0.29) is 21.5 Å². The fourth-order valence-corrected chi connectivity index (χ4v) is 6.06. The average molecular weight is 513 g/mol. The number of sulfonamides is 1. The van der Waals surface area contributed by atoms with Gasteiger partial charge in [-0.05, 0) is 30.3 Å². The van der Waals surface area contributed by atoms with Crippen molar-refractivity contribution in [2.75, 3.05) is 11.8 Å². The molecular weight excluding hydrogens is 498 g/mol. The van der Waals surface area contributed by atoms with Crippen molar-refractivity contribution in [3.63, 3.8) is 0 Å². The molecule has 172 valence electrons. The van der Waals surface area contributed by atoms with Crippen molar-refractivity contribution in [1.82, 2.24) is 3.97 Å². The third-order valence-corrected chi connectivity index (χ3v) is 8.16. The zero-order valence-corrected chi connectivity index (χ0v) is 19.2. The minimum atomic E-state index is -4.56. The van der Waals surface area contributed by atoms with Crippen LogP contribution >= 0.6 is 11.6 Å². The highest BCUT2D eigenvalue weighted by Gasteiger charge is 2.28. The molecule has 0 saturated carbocycles. The number of ether oxygens (including phenoxy) is 1. The Kier molecular flexibility index (Phi) is 5.81. The van der Waals surface area contributed by atoms with Crippen molar-refractivity contribution < 1.29 is 30.4 Å². The maximum atomic E-state index is 14.2. The van der Waals surface area contributed by atoms with Crippen LogP contribution in [0.4, 0.5) is 14.5 Å². The first kappa shape index (κ1) is 23.0. The van der Waals surface area contributed by atoms with E-state index < -0.39 is 47.3 Å². The topological polar surface area (TPSA) is 94.5 Å². The first-order valence-electron chi connectivity index (χ1n) is 9.21. The van der Waals surface area contributed by atoms with Crippen LogP contribution in [0.15, 0.2) is 76.7 Å². The minimum absolute atomic E-state index is 0.0151. The first-order chi connectivity index (χ1) is 15.5. The summed E-state index contributed by atoms with van der Waals surface area (Å²) in [6.45, 7) is 0. The van der Waals surface area contributed by atoms with Gasteiger partial charge in [0, 0.05) is 23.7 Å². The Morgan fingerprint density at radius 3 is 2.30 bits per heavy atom. The fourth-order valence-electron chi connectivity index (χ4n) is 3.19. The smallest absolute Gasteiger partial charge is 0.268 e. The van der Waals surface area contributed by atoms with Crippen LogP contribution in [0.1, 0.15) is 0 Å². The highest BCUT2D eigenvalue weighted by Crippen LogP contribution is 2.33. The Morgan fingerprint density at radius 2 is 1.64 bits per heavy atom. The van der Waals surface area contributed by atoms with Gasteiger partial charge >= 0.3 is 0 Å². The van der Waals surface area contributed by atoms with Crippen LogP contribution in [-0.4, -0.2) is 27.9 Å². The third-order valence-electron chi connectivity index (χ3n) is 4.79. The molecule has 0 bridgehead atoms. The summed E-state index contributed by atoms with van der Waals surface area (Å²) in [6, 6.07) is 12.8. The van der Waals surface area contributed by atoms with Crippen molar-refractivity contribution in [1.29, 1.82) is 0 Å². The second-order valence-corrected chi connectivity index (χ2v) is 10.7. The molecule has 12 heteroatoms. The molecule has 0 aliphatic rings. The molecule has 0 fully saturated rings. The summed E-state index contributed by atoms with van der Waals surface area (Å²) in [4.78, 5) is -0.540. The molecule has 7 nitrogen and oxygen atoms in total. The zero-order valence-electron chi connectivity index (χ0n) is 16.8. The molecule has 0 unspecified atom stereocenters. The van der Waals surface area contributed by atoms with Crippen molar-refractivity contribution >= 4 is 48.2 Å². The number of benzene rings is 3. The molecule has 3 aromatic carbocycles. The van der Waals surface area contributed by atoms with Crippen LogP contribution in [-0.2, 0) is 20.0 Å². The van der Waals surface area contributed by atoms with E-state index in [1.54, 1.807) is 6.07 Å². The second kappa shape index (κ2) is 8.32. The van der Waals surface area contributed by atoms with Gasteiger partial charge in [-0.1, -0.05) is 29.8 Å². The number of hydrogen-bond donors (Lipinski definition) is 1. The van der Waals surface area contributed by atoms with Gasteiger partial charge < -0.3 is 4.74 Å². The number of rotatable bonds is 6. The van der Waals surface area contributed by atoms with Gasteiger partial charge in [0.05, 0.1) is 28.2 Å². The van der Waals surface area contributed by atoms with E-state index in [1.807, 2.05) is 4.72 Å². The van der Waals surface area contributed by atoms with Crippen LogP contribution in [0.25, 0.3) is 10.9 Å². The lowest BCUT2D eigenvalue weighted by Gasteiger charge is -2.09. The van der Waals surface area contributed by atoms with E-state index in [1.165, 1.54) is 49.6 Å². The molecular formula is C21H15ClF2N2O5S2. The minimum Gasteiger partial charge on any atom is -0.497 e. The maximum Gasteiger partial charge on any atom is 0.268 e. The molecule has 0 aliphatic heterocycles. The zero-order chi connectivity index (χ0) is 24.0. The molecule has 33 heavy (non-hydrogen) atoms. The Bertz CT molecular complexity index is 1590. The Labute approximate surface area is 193 Å². The van der Waals surface area contributed by atoms with Gasteiger partial charge in [0.2, 0.25) is 0 Å². The highest BCUT2D eigenvalue weighted by molar-refractivity contribution is 7.93. The molecule has 0 saturated heterocycles. The van der Waals surface area contributed by atoms with Gasteiger partial charge in [-0.2, -0.15) is 0 Å². The number of aromatic nitrogens is 1. The Balaban J connectivity index is 1.93. The van der Waals surface area contributed by atoms with E-state index in [4.69, 9.17) is 16.3 Å². The third kappa shape index (κ3) is 4.14. The monoisotopic (exact) mass is 512 g/mol. The van der Waals surface area contributed by atoms with Crippen LogP contribution in [0, 0.1) is 11.6 Å². The van der Waals surface area contributed by atoms with Crippen LogP contribution in [0.3, 0.4) is 0 Å².